The lowest BCUT2D eigenvalue weighted by Crippen LogP contribution is -2.71. The van der Waals surface area contributed by atoms with Gasteiger partial charge in [-0.1, -0.05) is 0 Å². The van der Waals surface area contributed by atoms with E-state index < -0.39 is 33.4 Å². The van der Waals surface area contributed by atoms with Crippen molar-refractivity contribution in [3.63, 3.8) is 0 Å². The van der Waals surface area contributed by atoms with Gasteiger partial charge in [-0.15, -0.1) is 0 Å². The molecule has 4 aliphatic carbocycles. The van der Waals surface area contributed by atoms with E-state index in [1.54, 1.807) is 0 Å². The Morgan fingerprint density at radius 3 is 2.29 bits per heavy atom. The standard InChI is InChI=1S/C13H16F2O5S/c14-13(15,21(17,18)19)6-20-10(16)11-4-8-1-7-2-9(5-11)12(8,11)3-7/h7-9H,1-6H2,(H,17,18,19). The summed E-state index contributed by atoms with van der Waals surface area (Å²) in [6, 6.07) is 0. The summed E-state index contributed by atoms with van der Waals surface area (Å²) in [5.74, 6) is 0.951. The number of carbonyl (C=O) groups excluding carboxylic acids is 1. The van der Waals surface area contributed by atoms with E-state index in [0.29, 0.717) is 30.6 Å². The number of rotatable bonds is 4. The molecule has 8 heteroatoms. The predicted molar refractivity (Wildman–Crippen MR) is 65.9 cm³/mol. The molecule has 1 N–H and O–H groups in total. The van der Waals surface area contributed by atoms with Crippen LogP contribution in [0.15, 0.2) is 0 Å². The van der Waals surface area contributed by atoms with Crippen molar-refractivity contribution in [2.75, 3.05) is 6.61 Å². The van der Waals surface area contributed by atoms with Crippen molar-refractivity contribution in [3.05, 3.63) is 0 Å². The molecule has 0 aliphatic heterocycles. The summed E-state index contributed by atoms with van der Waals surface area (Å²) >= 11 is 0. The molecule has 5 nitrogen and oxygen atoms in total. The third-order valence-corrected chi connectivity index (χ3v) is 7.41. The molecule has 4 rings (SSSR count). The van der Waals surface area contributed by atoms with Gasteiger partial charge in [-0.2, -0.15) is 17.2 Å². The molecule has 0 amide bonds. The maximum Gasteiger partial charge on any atom is 0.402 e. The Morgan fingerprint density at radius 2 is 1.81 bits per heavy atom. The molecule has 0 aromatic heterocycles. The highest BCUT2D eigenvalue weighted by atomic mass is 32.2. The van der Waals surface area contributed by atoms with E-state index in [9.17, 15) is 22.0 Å². The first kappa shape index (κ1) is 13.9. The van der Waals surface area contributed by atoms with Gasteiger partial charge in [0.25, 0.3) is 0 Å². The van der Waals surface area contributed by atoms with E-state index in [0.717, 1.165) is 19.3 Å². The Kier molecular flexibility index (Phi) is 2.37. The van der Waals surface area contributed by atoms with Gasteiger partial charge in [0, 0.05) is 0 Å². The maximum absolute atomic E-state index is 13.2. The predicted octanol–water partition coefficient (Wildman–Crippen LogP) is 1.84. The van der Waals surface area contributed by atoms with Crippen molar-refractivity contribution in [1.82, 2.24) is 0 Å². The third kappa shape index (κ3) is 1.39. The molecule has 0 aromatic rings. The average molecular weight is 322 g/mol. The Bertz CT molecular complexity index is 612. The van der Waals surface area contributed by atoms with Gasteiger partial charge in [-0.3, -0.25) is 9.35 Å². The normalized spacial score (nSPS) is 46.5. The van der Waals surface area contributed by atoms with Crippen LogP contribution in [0.2, 0.25) is 0 Å². The molecule has 0 saturated heterocycles. The summed E-state index contributed by atoms with van der Waals surface area (Å²) in [5.41, 5.74) is -0.717. The zero-order chi connectivity index (χ0) is 15.3. The Morgan fingerprint density at radius 1 is 1.24 bits per heavy atom. The largest absolute Gasteiger partial charge is 0.457 e. The van der Waals surface area contributed by atoms with Crippen LogP contribution < -0.4 is 0 Å². The number of fused-ring (bicyclic) bond motifs is 1. The first-order chi connectivity index (χ1) is 9.62. The van der Waals surface area contributed by atoms with E-state index in [1.807, 2.05) is 0 Å². The number of halogens is 2. The smallest absolute Gasteiger partial charge is 0.402 e. The van der Waals surface area contributed by atoms with E-state index in [1.165, 1.54) is 0 Å². The van der Waals surface area contributed by atoms with Gasteiger partial charge >= 0.3 is 21.3 Å². The van der Waals surface area contributed by atoms with Crippen molar-refractivity contribution in [1.29, 1.82) is 0 Å². The molecule has 0 radical (unpaired) electrons. The van der Waals surface area contributed by atoms with Crippen LogP contribution >= 0.6 is 0 Å². The van der Waals surface area contributed by atoms with Crippen LogP contribution in [0.4, 0.5) is 8.78 Å². The molecule has 1 spiro atoms. The topological polar surface area (TPSA) is 80.7 Å². The van der Waals surface area contributed by atoms with Crippen LogP contribution in [-0.2, 0) is 19.6 Å². The molecule has 0 heterocycles. The van der Waals surface area contributed by atoms with Crippen molar-refractivity contribution in [2.24, 2.45) is 28.6 Å². The fourth-order valence-corrected chi connectivity index (χ4v) is 6.11. The van der Waals surface area contributed by atoms with Crippen molar-refractivity contribution < 1.29 is 31.3 Å². The van der Waals surface area contributed by atoms with Gasteiger partial charge in [0.05, 0.1) is 5.41 Å². The quantitative estimate of drug-likeness (QED) is 0.631. The number of alkyl halides is 2. The molecule has 2 bridgehead atoms. The van der Waals surface area contributed by atoms with Crippen molar-refractivity contribution >= 4 is 16.1 Å². The van der Waals surface area contributed by atoms with E-state index in [4.69, 9.17) is 4.55 Å². The molecule has 4 aliphatic rings. The fraction of sp³-hybridized carbons (Fsp3) is 0.923. The minimum Gasteiger partial charge on any atom is -0.457 e. The Hall–Kier alpha value is -0.760. The lowest BCUT2D eigenvalue weighted by Gasteiger charge is -2.72. The Labute approximate surface area is 120 Å². The summed E-state index contributed by atoms with van der Waals surface area (Å²) in [4.78, 5) is 12.3. The number of hydrogen-bond acceptors (Lipinski definition) is 4. The zero-order valence-corrected chi connectivity index (χ0v) is 12.0. The van der Waals surface area contributed by atoms with Crippen LogP contribution in [0.25, 0.3) is 0 Å². The van der Waals surface area contributed by atoms with Crippen LogP contribution in [0.1, 0.15) is 32.1 Å². The summed E-state index contributed by atoms with van der Waals surface area (Å²) in [5, 5.41) is -4.45. The van der Waals surface area contributed by atoms with Crippen LogP contribution in [-0.4, -0.2) is 30.8 Å². The van der Waals surface area contributed by atoms with Gasteiger partial charge in [-0.25, -0.2) is 0 Å². The number of carbonyl (C=O) groups is 1. The highest BCUT2D eigenvalue weighted by Gasteiger charge is 2.84. The van der Waals surface area contributed by atoms with Crippen molar-refractivity contribution in [2.45, 2.75) is 37.4 Å². The van der Waals surface area contributed by atoms with Crippen molar-refractivity contribution in [3.8, 4) is 0 Å². The SMILES string of the molecule is O=C(OCC(F)(F)S(=O)(=O)O)C12CC3CC4CC(C1)C32C4. The number of ether oxygens (including phenoxy) is 1. The van der Waals surface area contributed by atoms with Gasteiger partial charge in [0.2, 0.25) is 0 Å². The highest BCUT2D eigenvalue weighted by molar-refractivity contribution is 7.86. The molecule has 0 aromatic carbocycles. The minimum atomic E-state index is -5.56. The number of hydrogen-bond donors (Lipinski definition) is 1. The minimum absolute atomic E-state index is 0.0534. The maximum atomic E-state index is 13.2. The summed E-state index contributed by atoms with van der Waals surface area (Å²) in [6.45, 7) is -1.61. The Balaban J connectivity index is 1.48. The summed E-state index contributed by atoms with van der Waals surface area (Å²) in [6.07, 6.45) is 4.57. The van der Waals surface area contributed by atoms with Crippen LogP contribution in [0, 0.1) is 28.6 Å². The third-order valence-electron chi connectivity index (χ3n) is 6.54. The molecule has 4 fully saturated rings. The lowest BCUT2D eigenvalue weighted by molar-refractivity contribution is -0.266. The second-order valence-corrected chi connectivity index (χ2v) is 8.70. The fourth-order valence-electron chi connectivity index (χ4n) is 5.90. The van der Waals surface area contributed by atoms with Gasteiger partial charge in [0.15, 0.2) is 6.61 Å². The second kappa shape index (κ2) is 3.59. The summed E-state index contributed by atoms with van der Waals surface area (Å²) < 4.78 is 60.4. The average Bonchev–Trinajstić information content (AvgIpc) is 2.84. The molecular weight excluding hydrogens is 306 g/mol. The van der Waals surface area contributed by atoms with E-state index >= 15 is 0 Å². The van der Waals surface area contributed by atoms with Gasteiger partial charge in [-0.05, 0) is 55.3 Å². The first-order valence-corrected chi connectivity index (χ1v) is 8.58. The lowest BCUT2D eigenvalue weighted by atomic mass is 9.30. The van der Waals surface area contributed by atoms with E-state index in [2.05, 4.69) is 4.74 Å². The van der Waals surface area contributed by atoms with Crippen LogP contribution in [0.5, 0.6) is 0 Å². The summed E-state index contributed by atoms with van der Waals surface area (Å²) in [7, 11) is -5.56. The molecular formula is C13H16F2O5S. The molecule has 4 saturated carbocycles. The molecule has 21 heavy (non-hydrogen) atoms. The van der Waals surface area contributed by atoms with E-state index in [-0.39, 0.29) is 5.41 Å². The van der Waals surface area contributed by atoms with Gasteiger partial charge in [0.1, 0.15) is 0 Å². The molecule has 118 valence electrons. The van der Waals surface area contributed by atoms with Gasteiger partial charge < -0.3 is 4.74 Å². The number of esters is 1. The first-order valence-electron chi connectivity index (χ1n) is 7.14. The monoisotopic (exact) mass is 322 g/mol. The molecule has 2 atom stereocenters. The highest BCUT2D eigenvalue weighted by Crippen LogP contribution is 2.87. The second-order valence-electron chi connectivity index (χ2n) is 7.15. The molecule has 2 unspecified atom stereocenters. The zero-order valence-electron chi connectivity index (χ0n) is 11.2. The van der Waals surface area contributed by atoms with Crippen LogP contribution in [0.3, 0.4) is 0 Å².